The van der Waals surface area contributed by atoms with Gasteiger partial charge in [-0.05, 0) is 71.9 Å². The number of fused-ring (bicyclic) bond motifs is 1. The Bertz CT molecular complexity index is 1630. The van der Waals surface area contributed by atoms with Crippen molar-refractivity contribution in [1.82, 2.24) is 30.4 Å². The Hall–Kier alpha value is -4.86. The minimum absolute atomic E-state index is 0.0444. The van der Waals surface area contributed by atoms with Crippen LogP contribution in [0.25, 0.3) is 28.2 Å². The summed E-state index contributed by atoms with van der Waals surface area (Å²) in [6.07, 6.45) is 6.00. The lowest BCUT2D eigenvalue weighted by atomic mass is 9.91. The molecule has 5 aromatic rings. The van der Waals surface area contributed by atoms with Gasteiger partial charge in [-0.1, -0.05) is 36.4 Å². The third kappa shape index (κ3) is 3.98. The summed E-state index contributed by atoms with van der Waals surface area (Å²) < 4.78 is 1.46. The van der Waals surface area contributed by atoms with Crippen molar-refractivity contribution in [1.29, 1.82) is 0 Å². The molecule has 0 saturated heterocycles. The normalized spacial score (nSPS) is 13.2. The van der Waals surface area contributed by atoms with Gasteiger partial charge in [-0.15, -0.1) is 20.4 Å². The zero-order valence-electron chi connectivity index (χ0n) is 19.2. The molecule has 0 saturated carbocycles. The van der Waals surface area contributed by atoms with E-state index in [1.165, 1.54) is 34.8 Å². The second-order valence-electron chi connectivity index (χ2n) is 8.65. The monoisotopic (exact) mass is 478 g/mol. The van der Waals surface area contributed by atoms with E-state index in [-0.39, 0.29) is 22.7 Å². The molecule has 6 rings (SSSR count). The number of aromatic nitrogens is 6. The van der Waals surface area contributed by atoms with Crippen LogP contribution < -0.4 is 5.56 Å². The lowest BCUT2D eigenvalue weighted by Crippen LogP contribution is -2.15. The first kappa shape index (κ1) is 21.7. The first-order valence-electron chi connectivity index (χ1n) is 11.7. The fourth-order valence-corrected chi connectivity index (χ4v) is 4.55. The zero-order chi connectivity index (χ0) is 24.5. The number of phenols is 1. The van der Waals surface area contributed by atoms with E-state index in [0.29, 0.717) is 11.4 Å². The van der Waals surface area contributed by atoms with Crippen molar-refractivity contribution in [2.45, 2.75) is 25.7 Å². The minimum Gasteiger partial charge on any atom is -0.505 e. The Balaban J connectivity index is 1.29. The highest BCUT2D eigenvalue weighted by Gasteiger charge is 2.14. The molecule has 0 radical (unpaired) electrons. The summed E-state index contributed by atoms with van der Waals surface area (Å²) in [5, 5.41) is 36.2. The van der Waals surface area contributed by atoms with Crippen LogP contribution in [-0.4, -0.2) is 35.5 Å². The Morgan fingerprint density at radius 3 is 2.56 bits per heavy atom. The number of H-pyrrole nitrogens is 2. The number of benzene rings is 3. The molecule has 0 unspecified atom stereocenters. The average Bonchev–Trinajstić information content (AvgIpc) is 3.58. The fourth-order valence-electron chi connectivity index (χ4n) is 4.55. The Kier molecular flexibility index (Phi) is 5.45. The maximum atomic E-state index is 13.0. The van der Waals surface area contributed by atoms with Crippen LogP contribution in [0.5, 0.6) is 5.75 Å². The quantitative estimate of drug-likeness (QED) is 0.305. The summed E-state index contributed by atoms with van der Waals surface area (Å²) in [4.78, 5) is 13.0. The summed E-state index contributed by atoms with van der Waals surface area (Å²) >= 11 is 0. The summed E-state index contributed by atoms with van der Waals surface area (Å²) in [7, 11) is 0. The van der Waals surface area contributed by atoms with Crippen LogP contribution in [0.1, 0.15) is 24.0 Å². The highest BCUT2D eigenvalue weighted by molar-refractivity contribution is 5.78. The number of tetrazole rings is 1. The smallest absolute Gasteiger partial charge is 0.298 e. The number of aromatic hydroxyl groups is 1. The number of para-hydroxylation sites is 1. The highest BCUT2D eigenvalue weighted by Crippen LogP contribution is 2.38. The number of hydrogen-bond acceptors (Lipinski definition) is 7. The van der Waals surface area contributed by atoms with E-state index in [1.54, 1.807) is 18.2 Å². The van der Waals surface area contributed by atoms with Gasteiger partial charge in [0.25, 0.3) is 5.56 Å². The first-order chi connectivity index (χ1) is 17.7. The van der Waals surface area contributed by atoms with Crippen LogP contribution in [-0.2, 0) is 12.8 Å². The molecule has 10 heteroatoms. The van der Waals surface area contributed by atoms with Crippen molar-refractivity contribution in [3.63, 3.8) is 0 Å². The molecule has 2 heterocycles. The van der Waals surface area contributed by atoms with Crippen LogP contribution in [0.4, 0.5) is 11.4 Å². The molecule has 178 valence electrons. The van der Waals surface area contributed by atoms with Gasteiger partial charge >= 0.3 is 0 Å². The summed E-state index contributed by atoms with van der Waals surface area (Å²) in [5.41, 5.74) is 5.57. The van der Waals surface area contributed by atoms with Crippen LogP contribution in [0.3, 0.4) is 0 Å². The van der Waals surface area contributed by atoms with Crippen molar-refractivity contribution in [2.75, 3.05) is 0 Å². The number of nitrogens with one attached hydrogen (secondary N) is 2. The topological polar surface area (TPSA) is 137 Å². The maximum absolute atomic E-state index is 13.0. The average molecular weight is 479 g/mol. The molecule has 0 amide bonds. The largest absolute Gasteiger partial charge is 0.505 e. The molecule has 10 nitrogen and oxygen atoms in total. The predicted molar refractivity (Wildman–Crippen MR) is 134 cm³/mol. The van der Waals surface area contributed by atoms with Crippen molar-refractivity contribution in [3.8, 4) is 34.0 Å². The number of aromatic amines is 2. The van der Waals surface area contributed by atoms with Gasteiger partial charge in [0.15, 0.2) is 11.4 Å². The fraction of sp³-hybridized carbons (Fsp3) is 0.154. The van der Waals surface area contributed by atoms with Crippen molar-refractivity contribution in [3.05, 3.63) is 88.3 Å². The molecule has 3 N–H and O–H groups in total. The van der Waals surface area contributed by atoms with E-state index in [2.05, 4.69) is 48.1 Å². The lowest BCUT2D eigenvalue weighted by molar-refractivity contribution is 0.478. The molecule has 0 fully saturated rings. The lowest BCUT2D eigenvalue weighted by Gasteiger charge is -2.16. The summed E-state index contributed by atoms with van der Waals surface area (Å²) in [6, 6.07) is 18.7. The van der Waals surface area contributed by atoms with E-state index in [9.17, 15) is 9.90 Å². The summed E-state index contributed by atoms with van der Waals surface area (Å²) in [6.45, 7) is 0. The SMILES string of the molecule is O=c1c(N=Nc2cccc(-c3cccc(-c4nn[nH]n4)c3)c2O)c[nH]n1-c1ccc2c(c1)CCCC2. The van der Waals surface area contributed by atoms with Gasteiger partial charge in [-0.3, -0.25) is 9.89 Å². The molecule has 0 aliphatic heterocycles. The second kappa shape index (κ2) is 9.06. The number of aryl methyl sites for hydroxylation is 2. The number of phenolic OH excluding ortho intramolecular Hbond substituents is 1. The molecule has 0 spiro atoms. The van der Waals surface area contributed by atoms with Gasteiger partial charge in [-0.25, -0.2) is 4.68 Å². The van der Waals surface area contributed by atoms with Crippen LogP contribution in [0.2, 0.25) is 0 Å². The molecular weight excluding hydrogens is 456 g/mol. The number of rotatable bonds is 5. The molecule has 36 heavy (non-hydrogen) atoms. The van der Waals surface area contributed by atoms with E-state index >= 15 is 0 Å². The third-order valence-electron chi connectivity index (χ3n) is 6.40. The van der Waals surface area contributed by atoms with Crippen molar-refractivity contribution >= 4 is 11.4 Å². The molecule has 0 atom stereocenters. The Morgan fingerprint density at radius 1 is 0.889 bits per heavy atom. The molecule has 0 bridgehead atoms. The maximum Gasteiger partial charge on any atom is 0.298 e. The van der Waals surface area contributed by atoms with Gasteiger partial charge in [0.05, 0.1) is 11.9 Å². The number of azo groups is 1. The standard InChI is InChI=1S/C26H22N8O2/c35-24-21(18-7-3-8-19(13-18)25-30-32-33-31-25)9-4-10-22(24)28-29-23-15-27-34(26(23)36)20-12-11-16-5-1-2-6-17(16)14-20/h3-4,7-15,27,35H,1-2,5-6H2,(H,30,31,32,33). The predicted octanol–water partition coefficient (Wildman–Crippen LogP) is 5.01. The van der Waals surface area contributed by atoms with Gasteiger partial charge < -0.3 is 5.11 Å². The molecule has 1 aliphatic carbocycles. The van der Waals surface area contributed by atoms with E-state index in [0.717, 1.165) is 29.7 Å². The van der Waals surface area contributed by atoms with Gasteiger partial charge in [0.2, 0.25) is 5.82 Å². The van der Waals surface area contributed by atoms with Gasteiger partial charge in [0.1, 0.15) is 5.69 Å². The molecule has 2 aromatic heterocycles. The van der Waals surface area contributed by atoms with Crippen LogP contribution in [0, 0.1) is 0 Å². The van der Waals surface area contributed by atoms with E-state index in [1.807, 2.05) is 30.3 Å². The van der Waals surface area contributed by atoms with Crippen LogP contribution in [0.15, 0.2) is 81.9 Å². The Morgan fingerprint density at radius 2 is 1.69 bits per heavy atom. The third-order valence-corrected chi connectivity index (χ3v) is 6.40. The van der Waals surface area contributed by atoms with E-state index < -0.39 is 0 Å². The Labute approximate surface area is 205 Å². The van der Waals surface area contributed by atoms with Gasteiger partial charge in [0, 0.05) is 11.1 Å². The van der Waals surface area contributed by atoms with E-state index in [4.69, 9.17) is 0 Å². The molecule has 3 aromatic carbocycles. The van der Waals surface area contributed by atoms with Crippen molar-refractivity contribution in [2.24, 2.45) is 10.2 Å². The number of hydrogen-bond donors (Lipinski definition) is 3. The minimum atomic E-state index is -0.307. The second-order valence-corrected chi connectivity index (χ2v) is 8.65. The van der Waals surface area contributed by atoms with Crippen molar-refractivity contribution < 1.29 is 5.11 Å². The molecule has 1 aliphatic rings. The highest BCUT2D eigenvalue weighted by atomic mass is 16.3. The number of nitrogens with zero attached hydrogens (tertiary/aromatic N) is 6. The molecular formula is C26H22N8O2. The summed E-state index contributed by atoms with van der Waals surface area (Å²) in [5.74, 6) is 0.409. The first-order valence-corrected chi connectivity index (χ1v) is 11.7. The van der Waals surface area contributed by atoms with Gasteiger partial charge in [-0.2, -0.15) is 5.21 Å². The zero-order valence-corrected chi connectivity index (χ0v) is 19.2. The van der Waals surface area contributed by atoms with Crippen LogP contribution >= 0.6 is 0 Å².